The standard InChI is InChI=1S/C18H22N2O2/c1-10(2)18(17(21)22)7-13-12-4-3-5-14-16(12)11(8-19-14)6-15(13)20-9-18/h3-5,8,10,13,15,19-20H,6-7,9H2,1-2H3,(H,21,22)/t13-,15-,18?/m1/s1. The van der Waals surface area contributed by atoms with E-state index >= 15 is 0 Å². The molecule has 1 aliphatic carbocycles. The molecule has 3 atom stereocenters. The number of aliphatic carboxylic acids is 1. The Bertz CT molecular complexity index is 749. The molecule has 0 amide bonds. The van der Waals surface area contributed by atoms with E-state index in [0.717, 1.165) is 12.8 Å². The number of rotatable bonds is 2. The Hall–Kier alpha value is -1.81. The summed E-state index contributed by atoms with van der Waals surface area (Å²) in [5.41, 5.74) is 3.16. The van der Waals surface area contributed by atoms with Crippen molar-refractivity contribution in [2.45, 2.75) is 38.6 Å². The molecule has 22 heavy (non-hydrogen) atoms. The summed E-state index contributed by atoms with van der Waals surface area (Å²) >= 11 is 0. The zero-order valence-electron chi connectivity index (χ0n) is 13.0. The fraction of sp³-hybridized carbons (Fsp3) is 0.500. The lowest BCUT2D eigenvalue weighted by atomic mass is 9.63. The summed E-state index contributed by atoms with van der Waals surface area (Å²) in [4.78, 5) is 15.3. The molecule has 2 aliphatic rings. The zero-order chi connectivity index (χ0) is 15.5. The second kappa shape index (κ2) is 4.59. The van der Waals surface area contributed by atoms with Gasteiger partial charge in [-0.3, -0.25) is 4.79 Å². The van der Waals surface area contributed by atoms with E-state index in [1.54, 1.807) is 0 Å². The Morgan fingerprint density at radius 2 is 2.23 bits per heavy atom. The van der Waals surface area contributed by atoms with Gasteiger partial charge in [0.1, 0.15) is 0 Å². The van der Waals surface area contributed by atoms with E-state index in [2.05, 4.69) is 34.7 Å². The van der Waals surface area contributed by atoms with E-state index in [-0.39, 0.29) is 11.8 Å². The molecule has 1 unspecified atom stereocenters. The van der Waals surface area contributed by atoms with Gasteiger partial charge in [0.25, 0.3) is 0 Å². The number of carboxylic acids is 1. The van der Waals surface area contributed by atoms with Gasteiger partial charge < -0.3 is 15.4 Å². The number of aromatic amines is 1. The molecular weight excluding hydrogens is 276 g/mol. The van der Waals surface area contributed by atoms with Crippen LogP contribution in [-0.2, 0) is 11.2 Å². The maximum Gasteiger partial charge on any atom is 0.311 e. The minimum Gasteiger partial charge on any atom is -0.481 e. The summed E-state index contributed by atoms with van der Waals surface area (Å²) in [5.74, 6) is -0.273. The molecule has 4 heteroatoms. The molecular formula is C18H22N2O2. The molecule has 3 N–H and O–H groups in total. The lowest BCUT2D eigenvalue weighted by Crippen LogP contribution is -2.56. The lowest BCUT2D eigenvalue weighted by molar-refractivity contribution is -0.154. The molecule has 4 nitrogen and oxygen atoms in total. The van der Waals surface area contributed by atoms with E-state index in [9.17, 15) is 9.90 Å². The maximum atomic E-state index is 12.0. The Balaban J connectivity index is 1.83. The number of hydrogen-bond donors (Lipinski definition) is 3. The summed E-state index contributed by atoms with van der Waals surface area (Å²) < 4.78 is 0. The Kier molecular flexibility index (Phi) is 2.89. The van der Waals surface area contributed by atoms with Crippen LogP contribution in [0.1, 0.15) is 37.3 Å². The van der Waals surface area contributed by atoms with Gasteiger partial charge in [-0.05, 0) is 36.0 Å². The largest absolute Gasteiger partial charge is 0.481 e. The number of aromatic nitrogens is 1. The van der Waals surface area contributed by atoms with E-state index in [1.807, 2.05) is 13.8 Å². The highest BCUT2D eigenvalue weighted by atomic mass is 16.4. The Labute approximate surface area is 129 Å². The van der Waals surface area contributed by atoms with Crippen LogP contribution in [0.5, 0.6) is 0 Å². The molecule has 4 rings (SSSR count). The minimum atomic E-state index is -0.670. The van der Waals surface area contributed by atoms with E-state index < -0.39 is 11.4 Å². The van der Waals surface area contributed by atoms with Crippen molar-refractivity contribution in [3.05, 3.63) is 35.5 Å². The number of nitrogens with one attached hydrogen (secondary N) is 2. The van der Waals surface area contributed by atoms with E-state index in [0.29, 0.717) is 12.6 Å². The predicted molar refractivity (Wildman–Crippen MR) is 86.1 cm³/mol. The first kappa shape index (κ1) is 13.8. The number of carbonyl (C=O) groups is 1. The number of H-pyrrole nitrogens is 1. The molecule has 0 spiro atoms. The van der Waals surface area contributed by atoms with E-state index in [4.69, 9.17) is 0 Å². The number of hydrogen-bond acceptors (Lipinski definition) is 2. The summed E-state index contributed by atoms with van der Waals surface area (Å²) in [6.07, 6.45) is 3.81. The molecule has 1 aliphatic heterocycles. The number of piperidine rings is 1. The topological polar surface area (TPSA) is 65.1 Å². The van der Waals surface area contributed by atoms with Gasteiger partial charge in [0, 0.05) is 35.6 Å². The highest BCUT2D eigenvalue weighted by Gasteiger charge is 2.49. The van der Waals surface area contributed by atoms with Gasteiger partial charge in [-0.2, -0.15) is 0 Å². The van der Waals surface area contributed by atoms with Crippen molar-refractivity contribution in [3.8, 4) is 0 Å². The van der Waals surface area contributed by atoms with Gasteiger partial charge in [0.15, 0.2) is 0 Å². The second-order valence-electron chi connectivity index (χ2n) is 7.20. The number of carboxylic acid groups (broad SMARTS) is 1. The highest BCUT2D eigenvalue weighted by Crippen LogP contribution is 2.47. The van der Waals surface area contributed by atoms with Crippen molar-refractivity contribution in [1.29, 1.82) is 0 Å². The van der Waals surface area contributed by atoms with E-state index in [1.165, 1.54) is 22.0 Å². The molecule has 0 bridgehead atoms. The molecule has 1 saturated heterocycles. The van der Waals surface area contributed by atoms with Gasteiger partial charge >= 0.3 is 5.97 Å². The van der Waals surface area contributed by atoms with Crippen LogP contribution in [-0.4, -0.2) is 28.6 Å². The van der Waals surface area contributed by atoms with Crippen LogP contribution in [0.4, 0.5) is 0 Å². The number of benzene rings is 1. The minimum absolute atomic E-state index is 0.116. The Morgan fingerprint density at radius 1 is 1.41 bits per heavy atom. The van der Waals surface area contributed by atoms with Crippen LogP contribution in [0.3, 0.4) is 0 Å². The molecule has 116 valence electrons. The molecule has 2 aromatic rings. The van der Waals surface area contributed by atoms with Crippen molar-refractivity contribution in [3.63, 3.8) is 0 Å². The highest BCUT2D eigenvalue weighted by molar-refractivity contribution is 5.88. The normalized spacial score (nSPS) is 30.5. The average molecular weight is 298 g/mol. The van der Waals surface area contributed by atoms with Crippen LogP contribution in [0.2, 0.25) is 0 Å². The summed E-state index contributed by atoms with van der Waals surface area (Å²) in [5, 5.41) is 14.7. The zero-order valence-corrected chi connectivity index (χ0v) is 13.0. The fourth-order valence-electron chi connectivity index (χ4n) is 4.45. The van der Waals surface area contributed by atoms with Crippen molar-refractivity contribution < 1.29 is 9.90 Å². The predicted octanol–water partition coefficient (Wildman–Crippen LogP) is 2.90. The third kappa shape index (κ3) is 1.70. The average Bonchev–Trinajstić information content (AvgIpc) is 2.91. The lowest BCUT2D eigenvalue weighted by Gasteiger charge is -2.47. The Morgan fingerprint density at radius 3 is 2.95 bits per heavy atom. The van der Waals surface area contributed by atoms with Crippen molar-refractivity contribution >= 4 is 16.9 Å². The van der Waals surface area contributed by atoms with Gasteiger partial charge in [0.05, 0.1) is 5.41 Å². The van der Waals surface area contributed by atoms with Crippen LogP contribution >= 0.6 is 0 Å². The first-order valence-corrected chi connectivity index (χ1v) is 8.08. The molecule has 1 aromatic heterocycles. The monoisotopic (exact) mass is 298 g/mol. The second-order valence-corrected chi connectivity index (χ2v) is 7.20. The van der Waals surface area contributed by atoms with Gasteiger partial charge in [0.2, 0.25) is 0 Å². The maximum absolute atomic E-state index is 12.0. The molecule has 0 saturated carbocycles. The van der Waals surface area contributed by atoms with Crippen LogP contribution in [0.25, 0.3) is 10.9 Å². The molecule has 2 heterocycles. The smallest absolute Gasteiger partial charge is 0.311 e. The summed E-state index contributed by atoms with van der Waals surface area (Å²) in [6.45, 7) is 4.62. The third-order valence-electron chi connectivity index (χ3n) is 5.94. The SMILES string of the molecule is CC(C)C1(C(=O)O)CN[C@@H]2Cc3c[nH]c4cccc(c34)[C@H]2C1. The summed E-state index contributed by atoms with van der Waals surface area (Å²) in [6, 6.07) is 6.70. The van der Waals surface area contributed by atoms with Crippen molar-refractivity contribution in [2.24, 2.45) is 11.3 Å². The third-order valence-corrected chi connectivity index (χ3v) is 5.94. The molecule has 0 radical (unpaired) electrons. The van der Waals surface area contributed by atoms with Crippen molar-refractivity contribution in [2.75, 3.05) is 6.54 Å². The fourth-order valence-corrected chi connectivity index (χ4v) is 4.45. The molecule has 1 aromatic carbocycles. The first-order valence-electron chi connectivity index (χ1n) is 8.08. The summed E-state index contributed by atoms with van der Waals surface area (Å²) in [7, 11) is 0. The van der Waals surface area contributed by atoms with Crippen molar-refractivity contribution in [1.82, 2.24) is 10.3 Å². The van der Waals surface area contributed by atoms with Gasteiger partial charge in [-0.15, -0.1) is 0 Å². The van der Waals surface area contributed by atoms with Crippen LogP contribution in [0, 0.1) is 11.3 Å². The number of fused-ring (bicyclic) bond motifs is 2. The quantitative estimate of drug-likeness (QED) is 0.798. The first-order chi connectivity index (χ1) is 10.5. The van der Waals surface area contributed by atoms with Gasteiger partial charge in [-0.25, -0.2) is 0 Å². The van der Waals surface area contributed by atoms with Crippen LogP contribution < -0.4 is 5.32 Å². The molecule has 1 fully saturated rings. The van der Waals surface area contributed by atoms with Crippen LogP contribution in [0.15, 0.2) is 24.4 Å². The van der Waals surface area contributed by atoms with Gasteiger partial charge in [-0.1, -0.05) is 26.0 Å².